The Balaban J connectivity index is 1.94. The number of carbonyl (C=O) groups is 1. The summed E-state index contributed by atoms with van der Waals surface area (Å²) in [6.45, 7) is 1.79. The number of nitriles is 1. The molecule has 1 N–H and O–H groups in total. The Morgan fingerprint density at radius 3 is 3.10 bits per heavy atom. The number of ether oxygens (including phenoxy) is 1. The van der Waals surface area contributed by atoms with Crippen molar-refractivity contribution in [1.29, 1.82) is 5.26 Å². The molecule has 7 heteroatoms. The van der Waals surface area contributed by atoms with E-state index in [0.29, 0.717) is 11.6 Å². The number of nitrogens with zero attached hydrogens (tertiary/aromatic N) is 3. The number of nitrogens with one attached hydrogen (secondary N) is 1. The minimum atomic E-state index is -0.666. The Hall–Kier alpha value is -2.33. The highest BCUT2D eigenvalue weighted by molar-refractivity contribution is 9.10. The van der Waals surface area contributed by atoms with Crippen LogP contribution in [0, 0.1) is 11.3 Å². The van der Waals surface area contributed by atoms with Gasteiger partial charge < -0.3 is 10.1 Å². The van der Waals surface area contributed by atoms with Crippen molar-refractivity contribution in [2.24, 2.45) is 0 Å². The van der Waals surface area contributed by atoms with Gasteiger partial charge in [-0.05, 0) is 25.1 Å². The molecule has 0 radical (unpaired) electrons. The van der Waals surface area contributed by atoms with Crippen LogP contribution in [-0.4, -0.2) is 21.8 Å². The lowest BCUT2D eigenvalue weighted by Crippen LogP contribution is -2.30. The van der Waals surface area contributed by atoms with Gasteiger partial charge in [-0.15, -0.1) is 0 Å². The second-order valence-corrected chi connectivity index (χ2v) is 5.18. The maximum absolute atomic E-state index is 12.0. The van der Waals surface area contributed by atoms with E-state index in [-0.39, 0.29) is 12.5 Å². The van der Waals surface area contributed by atoms with Gasteiger partial charge in [0.1, 0.15) is 12.3 Å². The van der Waals surface area contributed by atoms with Gasteiger partial charge in [0.2, 0.25) is 0 Å². The van der Waals surface area contributed by atoms with Gasteiger partial charge in [0.05, 0.1) is 6.07 Å². The van der Waals surface area contributed by atoms with E-state index >= 15 is 0 Å². The fourth-order valence-corrected chi connectivity index (χ4v) is 1.99. The van der Waals surface area contributed by atoms with E-state index in [2.05, 4.69) is 26.3 Å². The zero-order valence-electron chi connectivity index (χ0n) is 11.3. The standard InChI is InChI=1S/C14H13BrN4O2/c1-10(21-12-4-2-3-11(15)9-12)14(20)17-13-5-7-19(18-13)8-6-16/h2-5,7,9-10H,8H2,1H3,(H,17,18,20). The van der Waals surface area contributed by atoms with Crippen LogP contribution >= 0.6 is 15.9 Å². The predicted molar refractivity (Wildman–Crippen MR) is 80.7 cm³/mol. The van der Waals surface area contributed by atoms with Gasteiger partial charge in [-0.1, -0.05) is 22.0 Å². The van der Waals surface area contributed by atoms with E-state index in [1.807, 2.05) is 18.2 Å². The summed E-state index contributed by atoms with van der Waals surface area (Å²) in [5.41, 5.74) is 0. The molecule has 2 rings (SSSR count). The molecule has 21 heavy (non-hydrogen) atoms. The predicted octanol–water partition coefficient (Wildman–Crippen LogP) is 2.58. The van der Waals surface area contributed by atoms with Crippen LogP contribution in [0.1, 0.15) is 6.92 Å². The maximum atomic E-state index is 12.0. The van der Waals surface area contributed by atoms with Crippen LogP contribution in [0.5, 0.6) is 5.75 Å². The lowest BCUT2D eigenvalue weighted by Gasteiger charge is -2.13. The molecule has 0 saturated heterocycles. The van der Waals surface area contributed by atoms with Crippen LogP contribution in [0.3, 0.4) is 0 Å². The first-order chi connectivity index (χ1) is 10.1. The Labute approximate surface area is 130 Å². The molecular formula is C14H13BrN4O2. The second-order valence-electron chi connectivity index (χ2n) is 4.26. The molecule has 1 atom stereocenters. The van der Waals surface area contributed by atoms with Gasteiger partial charge >= 0.3 is 0 Å². The zero-order chi connectivity index (χ0) is 15.2. The first-order valence-electron chi connectivity index (χ1n) is 6.22. The lowest BCUT2D eigenvalue weighted by molar-refractivity contribution is -0.122. The largest absolute Gasteiger partial charge is 0.481 e. The average Bonchev–Trinajstić information content (AvgIpc) is 2.86. The van der Waals surface area contributed by atoms with Gasteiger partial charge in [-0.3, -0.25) is 9.48 Å². The van der Waals surface area contributed by atoms with Crippen molar-refractivity contribution in [2.45, 2.75) is 19.6 Å². The summed E-state index contributed by atoms with van der Waals surface area (Å²) >= 11 is 3.34. The average molecular weight is 349 g/mol. The summed E-state index contributed by atoms with van der Waals surface area (Å²) in [6, 6.07) is 10.9. The van der Waals surface area contributed by atoms with E-state index in [0.717, 1.165) is 4.47 Å². The van der Waals surface area contributed by atoms with Crippen LogP contribution in [0.15, 0.2) is 41.0 Å². The van der Waals surface area contributed by atoms with Crippen molar-refractivity contribution in [3.63, 3.8) is 0 Å². The molecule has 0 fully saturated rings. The van der Waals surface area contributed by atoms with Crippen molar-refractivity contribution in [1.82, 2.24) is 9.78 Å². The Morgan fingerprint density at radius 2 is 2.38 bits per heavy atom. The fraction of sp³-hybridized carbons (Fsp3) is 0.214. The quantitative estimate of drug-likeness (QED) is 0.900. The van der Waals surface area contributed by atoms with Crippen molar-refractivity contribution < 1.29 is 9.53 Å². The first-order valence-corrected chi connectivity index (χ1v) is 7.01. The summed E-state index contributed by atoms with van der Waals surface area (Å²) in [7, 11) is 0. The number of rotatable bonds is 5. The summed E-state index contributed by atoms with van der Waals surface area (Å²) in [4.78, 5) is 12.0. The third-order valence-corrected chi connectivity index (χ3v) is 3.10. The highest BCUT2D eigenvalue weighted by Gasteiger charge is 2.16. The summed E-state index contributed by atoms with van der Waals surface area (Å²) < 4.78 is 7.87. The summed E-state index contributed by atoms with van der Waals surface area (Å²) in [5, 5.41) is 15.2. The molecule has 108 valence electrons. The Morgan fingerprint density at radius 1 is 1.57 bits per heavy atom. The maximum Gasteiger partial charge on any atom is 0.266 e. The number of amides is 1. The van der Waals surface area contributed by atoms with Crippen molar-refractivity contribution >= 4 is 27.7 Å². The van der Waals surface area contributed by atoms with Crippen LogP contribution in [0.4, 0.5) is 5.82 Å². The van der Waals surface area contributed by atoms with Crippen LogP contribution in [-0.2, 0) is 11.3 Å². The SMILES string of the molecule is CC(Oc1cccc(Br)c1)C(=O)Nc1ccn(CC#N)n1. The number of anilines is 1. The number of hydrogen-bond donors (Lipinski definition) is 1. The molecule has 6 nitrogen and oxygen atoms in total. The number of hydrogen-bond acceptors (Lipinski definition) is 4. The molecule has 1 heterocycles. The highest BCUT2D eigenvalue weighted by Crippen LogP contribution is 2.19. The van der Waals surface area contributed by atoms with Crippen molar-refractivity contribution in [3.05, 3.63) is 41.0 Å². The van der Waals surface area contributed by atoms with Crippen LogP contribution < -0.4 is 10.1 Å². The molecular weight excluding hydrogens is 336 g/mol. The van der Waals surface area contributed by atoms with Gasteiger partial charge in [-0.2, -0.15) is 10.4 Å². The first kappa shape index (κ1) is 15.1. The molecule has 0 aliphatic rings. The molecule has 0 aliphatic carbocycles. The minimum absolute atomic E-state index is 0.139. The van der Waals surface area contributed by atoms with E-state index in [1.165, 1.54) is 4.68 Å². The Bertz CT molecular complexity index is 678. The topological polar surface area (TPSA) is 79.9 Å². The number of benzene rings is 1. The third-order valence-electron chi connectivity index (χ3n) is 2.60. The van der Waals surface area contributed by atoms with Crippen LogP contribution in [0.25, 0.3) is 0 Å². The molecule has 0 saturated carbocycles. The van der Waals surface area contributed by atoms with Gasteiger partial charge in [0, 0.05) is 16.7 Å². The highest BCUT2D eigenvalue weighted by atomic mass is 79.9. The van der Waals surface area contributed by atoms with E-state index in [9.17, 15) is 4.79 Å². The normalized spacial score (nSPS) is 11.5. The summed E-state index contributed by atoms with van der Waals surface area (Å²) in [5.74, 6) is 0.680. The number of carbonyl (C=O) groups excluding carboxylic acids is 1. The fourth-order valence-electron chi connectivity index (χ4n) is 1.61. The molecule has 1 aromatic heterocycles. The molecule has 0 aliphatic heterocycles. The second kappa shape index (κ2) is 6.90. The molecule has 1 unspecified atom stereocenters. The lowest BCUT2D eigenvalue weighted by atomic mass is 10.3. The smallest absolute Gasteiger partial charge is 0.266 e. The van der Waals surface area contributed by atoms with Crippen molar-refractivity contribution in [3.8, 4) is 11.8 Å². The molecule has 1 amide bonds. The number of halogens is 1. The van der Waals surface area contributed by atoms with Gasteiger partial charge in [-0.25, -0.2) is 0 Å². The van der Waals surface area contributed by atoms with Gasteiger partial charge in [0.15, 0.2) is 11.9 Å². The molecule has 1 aromatic carbocycles. The molecule has 2 aromatic rings. The monoisotopic (exact) mass is 348 g/mol. The number of aromatic nitrogens is 2. The van der Waals surface area contributed by atoms with Crippen LogP contribution in [0.2, 0.25) is 0 Å². The van der Waals surface area contributed by atoms with E-state index < -0.39 is 6.10 Å². The third kappa shape index (κ3) is 4.33. The van der Waals surface area contributed by atoms with Gasteiger partial charge in [0.25, 0.3) is 5.91 Å². The molecule has 0 spiro atoms. The minimum Gasteiger partial charge on any atom is -0.481 e. The molecule has 0 bridgehead atoms. The summed E-state index contributed by atoms with van der Waals surface area (Å²) in [6.07, 6.45) is 0.957. The zero-order valence-corrected chi connectivity index (χ0v) is 12.9. The van der Waals surface area contributed by atoms with E-state index in [4.69, 9.17) is 10.00 Å². The van der Waals surface area contributed by atoms with Crippen molar-refractivity contribution in [2.75, 3.05) is 5.32 Å². The van der Waals surface area contributed by atoms with E-state index in [1.54, 1.807) is 31.3 Å². The Kier molecular flexibility index (Phi) is 4.95.